The number of halogens is 3. The van der Waals surface area contributed by atoms with Crippen molar-refractivity contribution in [2.75, 3.05) is 5.32 Å². The van der Waals surface area contributed by atoms with Crippen molar-refractivity contribution < 1.29 is 13.2 Å². The van der Waals surface area contributed by atoms with Gasteiger partial charge in [-0.2, -0.15) is 18.3 Å². The van der Waals surface area contributed by atoms with Gasteiger partial charge in [-0.25, -0.2) is 4.68 Å². The highest BCUT2D eigenvalue weighted by atomic mass is 19.4. The highest BCUT2D eigenvalue weighted by molar-refractivity contribution is 5.41. The van der Waals surface area contributed by atoms with Crippen molar-refractivity contribution in [3.63, 3.8) is 0 Å². The first-order valence-corrected chi connectivity index (χ1v) is 7.85. The Hall–Kier alpha value is -1.20. The molecule has 6 heteroatoms. The van der Waals surface area contributed by atoms with Crippen LogP contribution in [0.5, 0.6) is 0 Å². The molecule has 0 bridgehead atoms. The van der Waals surface area contributed by atoms with Gasteiger partial charge in [0.15, 0.2) is 6.04 Å². The predicted molar refractivity (Wildman–Crippen MR) is 75.3 cm³/mol. The SMILES string of the molecule is CC1CC(C(F)(F)F)n2nc(CC3CCCCC3)cc2N1. The van der Waals surface area contributed by atoms with Crippen molar-refractivity contribution >= 4 is 5.82 Å². The molecule has 1 aliphatic heterocycles. The van der Waals surface area contributed by atoms with Crippen LogP contribution in [0.4, 0.5) is 19.0 Å². The Kier molecular flexibility index (Phi) is 3.88. The van der Waals surface area contributed by atoms with Crippen molar-refractivity contribution in [3.8, 4) is 0 Å². The Bertz CT molecular complexity index is 489. The van der Waals surface area contributed by atoms with E-state index in [1.165, 1.54) is 32.1 Å². The third-order valence-corrected chi connectivity index (χ3v) is 4.65. The summed E-state index contributed by atoms with van der Waals surface area (Å²) in [6.07, 6.45) is 2.72. The molecule has 0 saturated heterocycles. The Morgan fingerprint density at radius 3 is 2.67 bits per heavy atom. The second-order valence-electron chi connectivity index (χ2n) is 6.51. The molecule has 21 heavy (non-hydrogen) atoms. The Morgan fingerprint density at radius 2 is 2.00 bits per heavy atom. The first-order chi connectivity index (χ1) is 9.93. The van der Waals surface area contributed by atoms with E-state index in [0.29, 0.717) is 11.7 Å². The van der Waals surface area contributed by atoms with E-state index in [1.807, 2.05) is 6.07 Å². The summed E-state index contributed by atoms with van der Waals surface area (Å²) >= 11 is 0. The van der Waals surface area contributed by atoms with Crippen LogP contribution >= 0.6 is 0 Å². The standard InChI is InChI=1S/C15H22F3N3/c1-10-7-13(15(16,17)18)21-14(19-10)9-12(20-21)8-11-5-3-2-4-6-11/h9-11,13,19H,2-8H2,1H3. The van der Waals surface area contributed by atoms with Crippen molar-refractivity contribution in [3.05, 3.63) is 11.8 Å². The topological polar surface area (TPSA) is 29.9 Å². The summed E-state index contributed by atoms with van der Waals surface area (Å²) < 4.78 is 40.7. The van der Waals surface area contributed by atoms with Crippen LogP contribution in [0, 0.1) is 5.92 Å². The average Bonchev–Trinajstić information content (AvgIpc) is 2.79. The van der Waals surface area contributed by atoms with E-state index in [2.05, 4.69) is 10.4 Å². The summed E-state index contributed by atoms with van der Waals surface area (Å²) in [5.74, 6) is 1.10. The number of nitrogens with zero attached hydrogens (tertiary/aromatic N) is 2. The van der Waals surface area contributed by atoms with Gasteiger partial charge < -0.3 is 5.32 Å². The first kappa shape index (κ1) is 14.7. The minimum absolute atomic E-state index is 0.0427. The van der Waals surface area contributed by atoms with Crippen LogP contribution in [0.3, 0.4) is 0 Å². The number of anilines is 1. The molecule has 1 aromatic heterocycles. The zero-order valence-corrected chi connectivity index (χ0v) is 12.3. The van der Waals surface area contributed by atoms with Gasteiger partial charge in [0, 0.05) is 12.1 Å². The van der Waals surface area contributed by atoms with E-state index in [4.69, 9.17) is 0 Å². The maximum atomic E-state index is 13.2. The molecule has 118 valence electrons. The summed E-state index contributed by atoms with van der Waals surface area (Å²) in [4.78, 5) is 0. The number of rotatable bonds is 2. The Labute approximate surface area is 122 Å². The highest BCUT2D eigenvalue weighted by Gasteiger charge is 2.45. The van der Waals surface area contributed by atoms with Crippen molar-refractivity contribution in [2.45, 2.75) is 70.1 Å². The average molecular weight is 301 g/mol. The molecule has 1 N–H and O–H groups in total. The van der Waals surface area contributed by atoms with Crippen LogP contribution in [0.15, 0.2) is 6.07 Å². The molecular weight excluding hydrogens is 279 g/mol. The molecule has 1 aromatic rings. The van der Waals surface area contributed by atoms with E-state index in [0.717, 1.165) is 16.8 Å². The minimum Gasteiger partial charge on any atom is -0.368 e. The second kappa shape index (κ2) is 5.54. The fourth-order valence-corrected chi connectivity index (χ4v) is 3.60. The molecule has 0 radical (unpaired) electrons. The monoisotopic (exact) mass is 301 g/mol. The lowest BCUT2D eigenvalue weighted by atomic mass is 9.86. The number of alkyl halides is 3. The Morgan fingerprint density at radius 1 is 1.29 bits per heavy atom. The lowest BCUT2D eigenvalue weighted by Gasteiger charge is -2.31. The molecule has 2 atom stereocenters. The maximum Gasteiger partial charge on any atom is 0.410 e. The molecule has 2 heterocycles. The molecule has 1 aliphatic carbocycles. The first-order valence-electron chi connectivity index (χ1n) is 7.85. The number of fused-ring (bicyclic) bond motifs is 1. The lowest BCUT2D eigenvalue weighted by Crippen LogP contribution is -2.37. The highest BCUT2D eigenvalue weighted by Crippen LogP contribution is 2.39. The number of aromatic nitrogens is 2. The van der Waals surface area contributed by atoms with E-state index in [9.17, 15) is 13.2 Å². The molecule has 3 rings (SSSR count). The molecule has 2 aliphatic rings. The maximum absolute atomic E-state index is 13.2. The fraction of sp³-hybridized carbons (Fsp3) is 0.800. The van der Waals surface area contributed by atoms with Crippen LogP contribution in [0.2, 0.25) is 0 Å². The van der Waals surface area contributed by atoms with Gasteiger partial charge in [-0.3, -0.25) is 0 Å². The molecule has 3 nitrogen and oxygen atoms in total. The Balaban J connectivity index is 1.80. The summed E-state index contributed by atoms with van der Waals surface area (Å²) in [5.41, 5.74) is 0.799. The molecule has 0 amide bonds. The van der Waals surface area contributed by atoms with Crippen molar-refractivity contribution in [1.82, 2.24) is 9.78 Å². The van der Waals surface area contributed by atoms with E-state index < -0.39 is 12.2 Å². The zero-order valence-electron chi connectivity index (χ0n) is 12.3. The normalized spacial score (nSPS) is 27.2. The summed E-state index contributed by atoms with van der Waals surface area (Å²) in [6.45, 7) is 1.79. The second-order valence-corrected chi connectivity index (χ2v) is 6.51. The van der Waals surface area contributed by atoms with Crippen molar-refractivity contribution in [1.29, 1.82) is 0 Å². The fourth-order valence-electron chi connectivity index (χ4n) is 3.60. The van der Waals surface area contributed by atoms with Crippen LogP contribution in [0.25, 0.3) is 0 Å². The summed E-state index contributed by atoms with van der Waals surface area (Å²) in [7, 11) is 0. The molecule has 1 fully saturated rings. The van der Waals surface area contributed by atoms with Crippen LogP contribution < -0.4 is 5.32 Å². The third-order valence-electron chi connectivity index (χ3n) is 4.65. The van der Waals surface area contributed by atoms with Gasteiger partial charge in [0.2, 0.25) is 0 Å². The number of nitrogens with one attached hydrogen (secondary N) is 1. The van der Waals surface area contributed by atoms with Gasteiger partial charge in [-0.15, -0.1) is 0 Å². The molecule has 2 unspecified atom stereocenters. The number of hydrogen-bond acceptors (Lipinski definition) is 2. The predicted octanol–water partition coefficient (Wildman–Crippen LogP) is 4.31. The molecular formula is C15H22F3N3. The summed E-state index contributed by atoms with van der Waals surface area (Å²) in [5, 5.41) is 7.38. The minimum atomic E-state index is -4.24. The van der Waals surface area contributed by atoms with Gasteiger partial charge in [-0.05, 0) is 25.7 Å². The number of hydrogen-bond donors (Lipinski definition) is 1. The van der Waals surface area contributed by atoms with Gasteiger partial charge >= 0.3 is 6.18 Å². The van der Waals surface area contributed by atoms with Gasteiger partial charge in [0.1, 0.15) is 5.82 Å². The lowest BCUT2D eigenvalue weighted by molar-refractivity contribution is -0.173. The van der Waals surface area contributed by atoms with Crippen molar-refractivity contribution in [2.24, 2.45) is 5.92 Å². The van der Waals surface area contributed by atoms with Crippen LogP contribution in [-0.4, -0.2) is 22.0 Å². The van der Waals surface area contributed by atoms with Gasteiger partial charge in [0.05, 0.1) is 5.69 Å². The molecule has 0 spiro atoms. The van der Waals surface area contributed by atoms with E-state index in [-0.39, 0.29) is 12.5 Å². The molecule has 0 aromatic carbocycles. The van der Waals surface area contributed by atoms with Crippen LogP contribution in [0.1, 0.15) is 57.2 Å². The molecule has 1 saturated carbocycles. The largest absolute Gasteiger partial charge is 0.410 e. The zero-order chi connectivity index (χ0) is 15.0. The van der Waals surface area contributed by atoms with E-state index >= 15 is 0 Å². The van der Waals surface area contributed by atoms with Gasteiger partial charge in [-0.1, -0.05) is 32.1 Å². The summed E-state index contributed by atoms with van der Waals surface area (Å²) in [6, 6.07) is 0.135. The van der Waals surface area contributed by atoms with Crippen LogP contribution in [-0.2, 0) is 6.42 Å². The third kappa shape index (κ3) is 3.19. The quantitative estimate of drug-likeness (QED) is 0.882. The van der Waals surface area contributed by atoms with Gasteiger partial charge in [0.25, 0.3) is 0 Å². The smallest absolute Gasteiger partial charge is 0.368 e. The van der Waals surface area contributed by atoms with E-state index in [1.54, 1.807) is 6.92 Å².